The van der Waals surface area contributed by atoms with Crippen LogP contribution in [0, 0.1) is 0 Å². The summed E-state index contributed by atoms with van der Waals surface area (Å²) in [6, 6.07) is 60.5. The Labute approximate surface area is 322 Å². The Balaban J connectivity index is 0.989. The van der Waals surface area contributed by atoms with Crippen molar-refractivity contribution < 1.29 is 8.83 Å². The molecule has 0 bridgehead atoms. The fourth-order valence-electron chi connectivity index (χ4n) is 8.09. The number of oxazole rings is 1. The average Bonchev–Trinajstić information content (AvgIpc) is 4.02. The molecule has 0 fully saturated rings. The first kappa shape index (κ1) is 30.7. The summed E-state index contributed by atoms with van der Waals surface area (Å²) in [5.41, 5.74) is 9.69. The molecule has 0 spiro atoms. The molecule has 0 N–H and O–H groups in total. The molecule has 0 saturated carbocycles. The third-order valence-electron chi connectivity index (χ3n) is 10.7. The molecule has 258 valence electrons. The predicted octanol–water partition coefficient (Wildman–Crippen LogP) is 15.3. The van der Waals surface area contributed by atoms with Crippen LogP contribution in [0.25, 0.3) is 96.0 Å². The highest BCUT2D eigenvalue weighted by Crippen LogP contribution is 2.44. The van der Waals surface area contributed by atoms with Crippen LogP contribution in [0.1, 0.15) is 0 Å². The molecule has 4 nitrogen and oxygen atoms in total. The number of fused-ring (bicyclic) bond motifs is 11. The Kier molecular flexibility index (Phi) is 6.64. The van der Waals surface area contributed by atoms with E-state index in [1.54, 1.807) is 0 Å². The van der Waals surface area contributed by atoms with E-state index in [1.807, 2.05) is 65.1 Å². The Bertz CT molecular complexity index is 3330. The summed E-state index contributed by atoms with van der Waals surface area (Å²) < 4.78 is 17.8. The summed E-state index contributed by atoms with van der Waals surface area (Å²) in [5.74, 6) is 0.603. The van der Waals surface area contributed by atoms with Crippen molar-refractivity contribution >= 4 is 113 Å². The zero-order valence-corrected chi connectivity index (χ0v) is 30.8. The SMILES string of the molecule is c1ccc(-c2nc3c(ccc4oc5ccc(-c6ccc(N(c7ccc8sc9ccccc9c8c7)c7ccc8sc9ccccc9c8c7)cc6)cc5c43)o2)cc1. The largest absolute Gasteiger partial charge is 0.456 e. The van der Waals surface area contributed by atoms with Crippen molar-refractivity contribution in [3.05, 3.63) is 170 Å². The van der Waals surface area contributed by atoms with Gasteiger partial charge < -0.3 is 13.7 Å². The van der Waals surface area contributed by atoms with Crippen LogP contribution < -0.4 is 4.90 Å². The minimum atomic E-state index is 0.603. The van der Waals surface area contributed by atoms with Crippen molar-refractivity contribution in [2.75, 3.05) is 4.90 Å². The molecule has 12 rings (SSSR count). The maximum atomic E-state index is 6.33. The first-order valence-electron chi connectivity index (χ1n) is 18.3. The molecule has 4 aromatic heterocycles. The molecule has 12 aromatic rings. The number of nitrogens with zero attached hydrogens (tertiary/aromatic N) is 2. The molecular formula is C49H28N2O2S2. The van der Waals surface area contributed by atoms with Gasteiger partial charge in [-0.05, 0) is 108 Å². The first-order chi connectivity index (χ1) is 27.2. The Hall–Kier alpha value is -6.73. The summed E-state index contributed by atoms with van der Waals surface area (Å²) in [5, 5.41) is 7.12. The highest BCUT2D eigenvalue weighted by atomic mass is 32.1. The first-order valence-corrected chi connectivity index (χ1v) is 19.9. The molecule has 6 heteroatoms. The van der Waals surface area contributed by atoms with Gasteiger partial charge >= 0.3 is 0 Å². The fourth-order valence-corrected chi connectivity index (χ4v) is 10.3. The van der Waals surface area contributed by atoms with Crippen molar-refractivity contribution in [3.63, 3.8) is 0 Å². The number of thiophene rings is 2. The third-order valence-corrected chi connectivity index (χ3v) is 13.0. The molecule has 8 aromatic carbocycles. The van der Waals surface area contributed by atoms with E-state index in [9.17, 15) is 0 Å². The smallest absolute Gasteiger partial charge is 0.227 e. The maximum absolute atomic E-state index is 6.33. The van der Waals surface area contributed by atoms with Crippen LogP contribution in [-0.2, 0) is 0 Å². The second-order valence-corrected chi connectivity index (χ2v) is 16.1. The lowest BCUT2D eigenvalue weighted by Crippen LogP contribution is -2.09. The van der Waals surface area contributed by atoms with Gasteiger partial charge in [-0.3, -0.25) is 0 Å². The maximum Gasteiger partial charge on any atom is 0.227 e. The molecule has 4 heterocycles. The number of benzene rings is 8. The molecule has 0 aliphatic heterocycles. The van der Waals surface area contributed by atoms with Crippen molar-refractivity contribution in [3.8, 4) is 22.6 Å². The quantitative estimate of drug-likeness (QED) is 0.176. The number of anilines is 3. The zero-order chi connectivity index (χ0) is 36.0. The number of aromatic nitrogens is 1. The molecule has 0 aliphatic carbocycles. The third kappa shape index (κ3) is 4.85. The fraction of sp³-hybridized carbons (Fsp3) is 0. The van der Waals surface area contributed by atoms with Crippen LogP contribution in [-0.4, -0.2) is 4.98 Å². The van der Waals surface area contributed by atoms with Crippen molar-refractivity contribution in [1.29, 1.82) is 0 Å². The van der Waals surface area contributed by atoms with Gasteiger partial charge in [-0.2, -0.15) is 0 Å². The summed E-state index contributed by atoms with van der Waals surface area (Å²) in [7, 11) is 0. The highest BCUT2D eigenvalue weighted by molar-refractivity contribution is 7.26. The lowest BCUT2D eigenvalue weighted by molar-refractivity contribution is 0.619. The van der Waals surface area contributed by atoms with Gasteiger partial charge in [0.25, 0.3) is 0 Å². The van der Waals surface area contributed by atoms with Gasteiger partial charge in [0.1, 0.15) is 16.7 Å². The summed E-state index contributed by atoms with van der Waals surface area (Å²) >= 11 is 3.69. The van der Waals surface area contributed by atoms with Gasteiger partial charge in [-0.25, -0.2) is 4.98 Å². The van der Waals surface area contributed by atoms with Gasteiger partial charge in [0, 0.05) is 68.4 Å². The number of hydrogen-bond acceptors (Lipinski definition) is 6. The molecule has 0 atom stereocenters. The van der Waals surface area contributed by atoms with Gasteiger partial charge in [-0.15, -0.1) is 22.7 Å². The van der Waals surface area contributed by atoms with E-state index < -0.39 is 0 Å². The van der Waals surface area contributed by atoms with Crippen LogP contribution in [0.3, 0.4) is 0 Å². The van der Waals surface area contributed by atoms with Gasteiger partial charge in [0.15, 0.2) is 5.58 Å². The van der Waals surface area contributed by atoms with Gasteiger partial charge in [0.05, 0.1) is 5.39 Å². The van der Waals surface area contributed by atoms with E-state index in [0.29, 0.717) is 5.89 Å². The zero-order valence-electron chi connectivity index (χ0n) is 29.2. The number of furan rings is 1. The van der Waals surface area contributed by atoms with E-state index in [4.69, 9.17) is 13.8 Å². The predicted molar refractivity (Wildman–Crippen MR) is 233 cm³/mol. The Morgan fingerprint density at radius 2 is 0.945 bits per heavy atom. The summed E-state index contributed by atoms with van der Waals surface area (Å²) in [4.78, 5) is 7.35. The number of hydrogen-bond donors (Lipinski definition) is 0. The van der Waals surface area contributed by atoms with E-state index in [2.05, 4.69) is 132 Å². The molecule has 55 heavy (non-hydrogen) atoms. The van der Waals surface area contributed by atoms with E-state index in [-0.39, 0.29) is 0 Å². The van der Waals surface area contributed by atoms with Crippen LogP contribution in [0.15, 0.2) is 179 Å². The molecule has 0 saturated heterocycles. The lowest BCUT2D eigenvalue weighted by atomic mass is 10.0. The molecule has 0 radical (unpaired) electrons. The second-order valence-electron chi connectivity index (χ2n) is 13.9. The van der Waals surface area contributed by atoms with Crippen molar-refractivity contribution in [2.45, 2.75) is 0 Å². The van der Waals surface area contributed by atoms with Crippen molar-refractivity contribution in [2.24, 2.45) is 0 Å². The van der Waals surface area contributed by atoms with Crippen LogP contribution >= 0.6 is 22.7 Å². The van der Waals surface area contributed by atoms with Gasteiger partial charge in [-0.1, -0.05) is 72.8 Å². The minimum absolute atomic E-state index is 0.603. The molecule has 0 amide bonds. The Morgan fingerprint density at radius 3 is 1.64 bits per heavy atom. The highest BCUT2D eigenvalue weighted by Gasteiger charge is 2.19. The van der Waals surface area contributed by atoms with E-state index in [0.717, 1.165) is 66.8 Å². The molecule has 0 unspecified atom stereocenters. The summed E-state index contributed by atoms with van der Waals surface area (Å²) in [6.07, 6.45) is 0. The van der Waals surface area contributed by atoms with E-state index >= 15 is 0 Å². The van der Waals surface area contributed by atoms with Gasteiger partial charge in [0.2, 0.25) is 5.89 Å². The standard InChI is InChI=1S/C49H28N2O2S2/c1-2-8-30(9-3-1)49-50-48-42(53-49)23-22-41-47(48)39-26-31(16-21-40(39)52-41)29-14-17-32(18-15-29)51(33-19-24-45-37(27-33)35-10-4-6-12-43(35)54-45)34-20-25-46-38(28-34)36-11-5-7-13-44(36)55-46/h1-28H. The average molecular weight is 741 g/mol. The number of rotatable bonds is 5. The van der Waals surface area contributed by atoms with Crippen LogP contribution in [0.4, 0.5) is 17.1 Å². The lowest BCUT2D eigenvalue weighted by Gasteiger charge is -2.26. The second kappa shape index (κ2) is 11.9. The molecular weight excluding hydrogens is 713 g/mol. The van der Waals surface area contributed by atoms with E-state index in [1.165, 1.54) is 40.3 Å². The van der Waals surface area contributed by atoms with Crippen LogP contribution in [0.2, 0.25) is 0 Å². The summed E-state index contributed by atoms with van der Waals surface area (Å²) in [6.45, 7) is 0. The Morgan fingerprint density at radius 1 is 0.382 bits per heavy atom. The minimum Gasteiger partial charge on any atom is -0.456 e. The van der Waals surface area contributed by atoms with Crippen molar-refractivity contribution in [1.82, 2.24) is 4.98 Å². The molecule has 0 aliphatic rings. The monoisotopic (exact) mass is 740 g/mol. The van der Waals surface area contributed by atoms with Crippen LogP contribution in [0.5, 0.6) is 0 Å². The normalized spacial score (nSPS) is 12.0. The topological polar surface area (TPSA) is 42.4 Å².